The molecule has 0 unspecified atom stereocenters. The van der Waals surface area contributed by atoms with Crippen LogP contribution in [0.25, 0.3) is 0 Å². The molecule has 0 bridgehead atoms. The number of rotatable bonds is 4. The third-order valence-electron chi connectivity index (χ3n) is 3.47. The lowest BCUT2D eigenvalue weighted by Gasteiger charge is -2.31. The van der Waals surface area contributed by atoms with E-state index in [1.54, 1.807) is 0 Å². The second-order valence-electron chi connectivity index (χ2n) is 4.78. The van der Waals surface area contributed by atoms with Crippen molar-refractivity contribution in [3.63, 3.8) is 0 Å². The fourth-order valence-electron chi connectivity index (χ4n) is 2.54. The van der Waals surface area contributed by atoms with E-state index in [0.717, 1.165) is 24.8 Å². The highest BCUT2D eigenvalue weighted by molar-refractivity contribution is 5.84. The smallest absolute Gasteiger partial charge is 0.150 e. The summed E-state index contributed by atoms with van der Waals surface area (Å²) < 4.78 is 0. The van der Waals surface area contributed by atoms with Crippen molar-refractivity contribution < 1.29 is 4.79 Å². The Balaban J connectivity index is 2.08. The van der Waals surface area contributed by atoms with Crippen LogP contribution < -0.4 is 0 Å². The molecule has 1 aromatic rings. The van der Waals surface area contributed by atoms with Crippen molar-refractivity contribution in [3.05, 3.63) is 35.9 Å². The van der Waals surface area contributed by atoms with Gasteiger partial charge >= 0.3 is 0 Å². The van der Waals surface area contributed by atoms with Gasteiger partial charge in [-0.3, -0.25) is 9.69 Å². The molecular formula is C15H18N2O. The highest BCUT2D eigenvalue weighted by Gasteiger charge is 2.27. The molecule has 0 spiro atoms. The zero-order valence-corrected chi connectivity index (χ0v) is 10.5. The molecule has 1 fully saturated rings. The number of hydrogen-bond acceptors (Lipinski definition) is 3. The molecule has 3 heteroatoms. The van der Waals surface area contributed by atoms with E-state index < -0.39 is 0 Å². The Labute approximate surface area is 108 Å². The molecule has 18 heavy (non-hydrogen) atoms. The van der Waals surface area contributed by atoms with E-state index in [1.807, 2.05) is 35.2 Å². The summed E-state index contributed by atoms with van der Waals surface area (Å²) in [5, 5.41) is 8.93. The third kappa shape index (κ3) is 3.18. The van der Waals surface area contributed by atoms with Crippen LogP contribution in [0.4, 0.5) is 0 Å². The fourth-order valence-corrected chi connectivity index (χ4v) is 2.54. The molecule has 0 radical (unpaired) electrons. The standard InChI is InChI=1S/C15H18N2O/c16-10-11-17(12-13-6-2-1-3-7-13)14-8-4-5-9-15(14)18/h1-3,6-7,14H,4-5,8-9,11-12H2/t14-/m0/s1. The average molecular weight is 242 g/mol. The minimum Gasteiger partial charge on any atom is -0.298 e. The van der Waals surface area contributed by atoms with Gasteiger partial charge in [0.1, 0.15) is 5.78 Å². The Kier molecular flexibility index (Phi) is 4.49. The molecule has 0 heterocycles. The molecule has 3 nitrogen and oxygen atoms in total. The topological polar surface area (TPSA) is 44.1 Å². The van der Waals surface area contributed by atoms with E-state index in [2.05, 4.69) is 6.07 Å². The van der Waals surface area contributed by atoms with Gasteiger partial charge in [-0.15, -0.1) is 0 Å². The quantitative estimate of drug-likeness (QED) is 0.762. The van der Waals surface area contributed by atoms with E-state index >= 15 is 0 Å². The molecule has 1 aliphatic rings. The minimum absolute atomic E-state index is 0.0568. The molecule has 1 atom stereocenters. The van der Waals surface area contributed by atoms with Gasteiger partial charge in [0.25, 0.3) is 0 Å². The van der Waals surface area contributed by atoms with E-state index in [-0.39, 0.29) is 6.04 Å². The van der Waals surface area contributed by atoms with Crippen LogP contribution in [0.1, 0.15) is 31.2 Å². The first kappa shape index (κ1) is 12.8. The third-order valence-corrected chi connectivity index (χ3v) is 3.47. The van der Waals surface area contributed by atoms with Gasteiger partial charge < -0.3 is 0 Å². The molecule has 1 aliphatic carbocycles. The Morgan fingerprint density at radius 3 is 2.72 bits per heavy atom. The lowest BCUT2D eigenvalue weighted by molar-refractivity contribution is -0.126. The van der Waals surface area contributed by atoms with E-state index in [9.17, 15) is 4.79 Å². The number of carbonyl (C=O) groups is 1. The summed E-state index contributed by atoms with van der Waals surface area (Å²) in [4.78, 5) is 14.0. The largest absolute Gasteiger partial charge is 0.298 e. The highest BCUT2D eigenvalue weighted by Crippen LogP contribution is 2.21. The van der Waals surface area contributed by atoms with Gasteiger partial charge in [0.2, 0.25) is 0 Å². The van der Waals surface area contributed by atoms with Crippen LogP contribution in [0.3, 0.4) is 0 Å². The van der Waals surface area contributed by atoms with E-state index in [0.29, 0.717) is 25.3 Å². The highest BCUT2D eigenvalue weighted by atomic mass is 16.1. The lowest BCUT2D eigenvalue weighted by Crippen LogP contribution is -2.42. The summed E-state index contributed by atoms with van der Waals surface area (Å²) in [6, 6.07) is 12.2. The predicted octanol–water partition coefficient (Wildman–Crippen LogP) is 2.52. The van der Waals surface area contributed by atoms with Crippen molar-refractivity contribution in [2.24, 2.45) is 0 Å². The van der Waals surface area contributed by atoms with Crippen molar-refractivity contribution in [1.82, 2.24) is 4.90 Å². The number of hydrogen-bond donors (Lipinski definition) is 0. The summed E-state index contributed by atoms with van der Waals surface area (Å²) in [6.07, 6.45) is 3.66. The van der Waals surface area contributed by atoms with Gasteiger partial charge in [-0.2, -0.15) is 5.26 Å². The molecule has 1 aromatic carbocycles. The summed E-state index contributed by atoms with van der Waals surface area (Å²) in [5.74, 6) is 0.299. The number of carbonyl (C=O) groups excluding carboxylic acids is 1. The summed E-state index contributed by atoms with van der Waals surface area (Å²) in [6.45, 7) is 1.01. The molecule has 0 N–H and O–H groups in total. The lowest BCUT2D eigenvalue weighted by atomic mass is 9.92. The average Bonchev–Trinajstić information content (AvgIpc) is 2.40. The van der Waals surface area contributed by atoms with Crippen LogP contribution in [0.2, 0.25) is 0 Å². The molecular weight excluding hydrogens is 224 g/mol. The maximum absolute atomic E-state index is 11.9. The van der Waals surface area contributed by atoms with Crippen LogP contribution >= 0.6 is 0 Å². The van der Waals surface area contributed by atoms with Crippen molar-refractivity contribution in [3.8, 4) is 6.07 Å². The summed E-state index contributed by atoms with van der Waals surface area (Å²) in [5.41, 5.74) is 1.16. The van der Waals surface area contributed by atoms with E-state index in [1.165, 1.54) is 0 Å². The maximum Gasteiger partial charge on any atom is 0.150 e. The number of nitriles is 1. The van der Waals surface area contributed by atoms with Gasteiger partial charge in [0.15, 0.2) is 0 Å². The second kappa shape index (κ2) is 6.32. The van der Waals surface area contributed by atoms with Crippen LogP contribution in [0, 0.1) is 11.3 Å². The predicted molar refractivity (Wildman–Crippen MR) is 69.7 cm³/mol. The number of ketones is 1. The van der Waals surface area contributed by atoms with E-state index in [4.69, 9.17) is 5.26 Å². The number of Topliss-reactive ketones (excluding diaryl/α,β-unsaturated/α-hetero) is 1. The van der Waals surface area contributed by atoms with Crippen molar-refractivity contribution >= 4 is 5.78 Å². The molecule has 1 saturated carbocycles. The van der Waals surface area contributed by atoms with Crippen LogP contribution in [0.5, 0.6) is 0 Å². The monoisotopic (exact) mass is 242 g/mol. The molecule has 0 aliphatic heterocycles. The number of nitrogens with zero attached hydrogens (tertiary/aromatic N) is 2. The molecule has 2 rings (SSSR count). The minimum atomic E-state index is -0.0568. The van der Waals surface area contributed by atoms with Crippen molar-refractivity contribution in [1.29, 1.82) is 5.26 Å². The van der Waals surface area contributed by atoms with Gasteiger partial charge in [-0.25, -0.2) is 0 Å². The molecule has 0 amide bonds. The zero-order valence-electron chi connectivity index (χ0n) is 10.5. The Morgan fingerprint density at radius 1 is 1.28 bits per heavy atom. The first-order chi connectivity index (χ1) is 8.81. The summed E-state index contributed by atoms with van der Waals surface area (Å²) in [7, 11) is 0. The second-order valence-corrected chi connectivity index (χ2v) is 4.78. The normalized spacial score (nSPS) is 19.8. The molecule has 0 saturated heterocycles. The van der Waals surface area contributed by atoms with Gasteiger partial charge in [-0.05, 0) is 18.4 Å². The number of benzene rings is 1. The fraction of sp³-hybridized carbons (Fsp3) is 0.467. The van der Waals surface area contributed by atoms with Crippen molar-refractivity contribution in [2.45, 2.75) is 38.3 Å². The zero-order chi connectivity index (χ0) is 12.8. The first-order valence-corrected chi connectivity index (χ1v) is 6.49. The Hall–Kier alpha value is -1.66. The van der Waals surface area contributed by atoms with Gasteiger partial charge in [0.05, 0.1) is 18.7 Å². The Bertz CT molecular complexity index is 436. The SMILES string of the molecule is N#CCN(Cc1ccccc1)[C@H]1CCCCC1=O. The van der Waals surface area contributed by atoms with Gasteiger partial charge in [0, 0.05) is 13.0 Å². The van der Waals surface area contributed by atoms with Crippen LogP contribution in [0.15, 0.2) is 30.3 Å². The Morgan fingerprint density at radius 2 is 2.06 bits per heavy atom. The van der Waals surface area contributed by atoms with Crippen molar-refractivity contribution in [2.75, 3.05) is 6.54 Å². The van der Waals surface area contributed by atoms with Gasteiger partial charge in [-0.1, -0.05) is 36.8 Å². The first-order valence-electron chi connectivity index (χ1n) is 6.49. The molecule has 0 aromatic heterocycles. The maximum atomic E-state index is 11.9. The molecule has 94 valence electrons. The van der Waals surface area contributed by atoms with Crippen LogP contribution in [-0.4, -0.2) is 23.3 Å². The summed E-state index contributed by atoms with van der Waals surface area (Å²) >= 11 is 0. The van der Waals surface area contributed by atoms with Crippen LogP contribution in [-0.2, 0) is 11.3 Å².